The van der Waals surface area contributed by atoms with Gasteiger partial charge in [-0.3, -0.25) is 9.59 Å². The van der Waals surface area contributed by atoms with Crippen molar-refractivity contribution in [1.82, 2.24) is 10.2 Å². The van der Waals surface area contributed by atoms with Crippen molar-refractivity contribution in [3.63, 3.8) is 0 Å². The number of carbonyl (C=O) groups is 2. The summed E-state index contributed by atoms with van der Waals surface area (Å²) in [5, 5.41) is 3.38. The molecule has 0 aliphatic rings. The van der Waals surface area contributed by atoms with Crippen molar-refractivity contribution in [2.24, 2.45) is 0 Å². The van der Waals surface area contributed by atoms with Crippen LogP contribution in [0.15, 0.2) is 77.3 Å². The van der Waals surface area contributed by atoms with Crippen molar-refractivity contribution >= 4 is 39.3 Å². The number of hydrogen-bond acceptors (Lipinski definition) is 3. The van der Waals surface area contributed by atoms with Gasteiger partial charge in [-0.15, -0.1) is 0 Å². The van der Waals surface area contributed by atoms with Crippen molar-refractivity contribution in [3.05, 3.63) is 99.0 Å². The van der Waals surface area contributed by atoms with Crippen LogP contribution in [0.25, 0.3) is 0 Å². The molecule has 0 aliphatic carbocycles. The van der Waals surface area contributed by atoms with E-state index < -0.39 is 6.04 Å². The maximum Gasteiger partial charge on any atom is 0.261 e. The van der Waals surface area contributed by atoms with Gasteiger partial charge in [-0.05, 0) is 48.2 Å². The number of carbonyl (C=O) groups excluding carboxylic acids is 2. The van der Waals surface area contributed by atoms with Gasteiger partial charge in [-0.2, -0.15) is 0 Å². The predicted molar refractivity (Wildman–Crippen MR) is 144 cm³/mol. The van der Waals surface area contributed by atoms with Gasteiger partial charge < -0.3 is 15.0 Å². The Balaban J connectivity index is 1.91. The van der Waals surface area contributed by atoms with Gasteiger partial charge in [-0.1, -0.05) is 89.1 Å². The predicted octanol–water partition coefficient (Wildman–Crippen LogP) is 5.96. The second kappa shape index (κ2) is 13.3. The summed E-state index contributed by atoms with van der Waals surface area (Å²) in [6, 6.07) is 22.1. The highest BCUT2D eigenvalue weighted by molar-refractivity contribution is 9.10. The summed E-state index contributed by atoms with van der Waals surface area (Å²) in [6.45, 7) is 4.60. The summed E-state index contributed by atoms with van der Waals surface area (Å²) in [5.41, 5.74) is 3.00. The third kappa shape index (κ3) is 7.84. The summed E-state index contributed by atoms with van der Waals surface area (Å²) in [4.78, 5) is 28.5. The van der Waals surface area contributed by atoms with Crippen molar-refractivity contribution < 1.29 is 14.3 Å². The molecule has 1 N–H and O–H groups in total. The minimum atomic E-state index is -0.694. The average molecular weight is 558 g/mol. The highest BCUT2D eigenvalue weighted by atomic mass is 79.9. The Hall–Kier alpha value is -2.83. The quantitative estimate of drug-likeness (QED) is 0.317. The molecule has 35 heavy (non-hydrogen) atoms. The highest BCUT2D eigenvalue weighted by Gasteiger charge is 2.31. The van der Waals surface area contributed by atoms with Gasteiger partial charge in [0, 0.05) is 24.0 Å². The second-order valence-electron chi connectivity index (χ2n) is 8.31. The van der Waals surface area contributed by atoms with Crippen LogP contribution in [-0.4, -0.2) is 35.9 Å². The lowest BCUT2D eigenvalue weighted by Crippen LogP contribution is -2.51. The van der Waals surface area contributed by atoms with Gasteiger partial charge in [0.1, 0.15) is 11.8 Å². The summed E-state index contributed by atoms with van der Waals surface area (Å²) >= 11 is 9.65. The number of ether oxygens (including phenoxy) is 1. The third-order valence-electron chi connectivity index (χ3n) is 5.67. The van der Waals surface area contributed by atoms with Gasteiger partial charge >= 0.3 is 0 Å². The van der Waals surface area contributed by atoms with E-state index in [0.717, 1.165) is 27.6 Å². The van der Waals surface area contributed by atoms with Crippen LogP contribution in [0.4, 0.5) is 0 Å². The standard InChI is InChI=1S/C28H30BrClN2O3/c1-3-15-31-28(34)25(16-21-10-5-4-6-11-21)32(18-22-12-8-7-9-20(22)2)27(33)19-35-26-14-13-23(29)17-24(26)30/h4-14,17,25H,3,15-16,18-19H2,1-2H3,(H,31,34). The Morgan fingerprint density at radius 3 is 2.46 bits per heavy atom. The summed E-state index contributed by atoms with van der Waals surface area (Å²) in [7, 11) is 0. The zero-order chi connectivity index (χ0) is 25.2. The van der Waals surface area contributed by atoms with Crippen LogP contribution in [-0.2, 0) is 22.6 Å². The monoisotopic (exact) mass is 556 g/mol. The molecule has 1 unspecified atom stereocenters. The fraction of sp³-hybridized carbons (Fsp3) is 0.286. The number of amides is 2. The van der Waals surface area contributed by atoms with E-state index in [9.17, 15) is 9.59 Å². The smallest absolute Gasteiger partial charge is 0.261 e. The Morgan fingerprint density at radius 1 is 1.06 bits per heavy atom. The Bertz CT molecular complexity index is 1140. The Kier molecular flexibility index (Phi) is 10.2. The summed E-state index contributed by atoms with van der Waals surface area (Å²) < 4.78 is 6.61. The number of halogens is 2. The third-order valence-corrected chi connectivity index (χ3v) is 6.46. The van der Waals surface area contributed by atoms with Crippen LogP contribution in [0.1, 0.15) is 30.0 Å². The highest BCUT2D eigenvalue weighted by Crippen LogP contribution is 2.28. The largest absolute Gasteiger partial charge is 0.482 e. The summed E-state index contributed by atoms with van der Waals surface area (Å²) in [5.74, 6) is -0.0618. The van der Waals surface area contributed by atoms with Crippen LogP contribution in [0.2, 0.25) is 5.02 Å². The van der Waals surface area contributed by atoms with E-state index in [2.05, 4.69) is 21.2 Å². The molecule has 0 aromatic heterocycles. The number of hydrogen-bond donors (Lipinski definition) is 1. The first kappa shape index (κ1) is 26.8. The topological polar surface area (TPSA) is 58.6 Å². The van der Waals surface area contributed by atoms with Gasteiger partial charge in [0.25, 0.3) is 5.91 Å². The first-order chi connectivity index (χ1) is 16.9. The zero-order valence-corrected chi connectivity index (χ0v) is 22.3. The molecule has 0 saturated heterocycles. The van der Waals surface area contributed by atoms with Crippen LogP contribution in [0.3, 0.4) is 0 Å². The lowest BCUT2D eigenvalue weighted by atomic mass is 10.0. The summed E-state index contributed by atoms with van der Waals surface area (Å²) in [6.07, 6.45) is 1.20. The van der Waals surface area contributed by atoms with E-state index in [1.807, 2.05) is 68.4 Å². The average Bonchev–Trinajstić information content (AvgIpc) is 2.85. The van der Waals surface area contributed by atoms with E-state index in [1.54, 1.807) is 23.1 Å². The van der Waals surface area contributed by atoms with Crippen LogP contribution in [0, 0.1) is 6.92 Å². The zero-order valence-electron chi connectivity index (χ0n) is 20.0. The number of benzene rings is 3. The van der Waals surface area contributed by atoms with Crippen LogP contribution < -0.4 is 10.1 Å². The van der Waals surface area contributed by atoms with Gasteiger partial charge in [0.15, 0.2) is 6.61 Å². The molecule has 0 bridgehead atoms. The maximum absolute atomic E-state index is 13.6. The minimum Gasteiger partial charge on any atom is -0.482 e. The Labute approximate surface area is 220 Å². The molecule has 184 valence electrons. The van der Waals surface area contributed by atoms with E-state index in [1.165, 1.54) is 0 Å². The molecule has 0 spiro atoms. The van der Waals surface area contributed by atoms with Crippen molar-refractivity contribution in [2.45, 2.75) is 39.3 Å². The van der Waals surface area contributed by atoms with E-state index in [0.29, 0.717) is 30.3 Å². The maximum atomic E-state index is 13.6. The molecule has 3 aromatic rings. The number of rotatable bonds is 11. The number of nitrogens with one attached hydrogen (secondary N) is 1. The molecular weight excluding hydrogens is 528 g/mol. The molecule has 0 radical (unpaired) electrons. The minimum absolute atomic E-state index is 0.181. The van der Waals surface area contributed by atoms with Crippen LogP contribution in [0.5, 0.6) is 5.75 Å². The van der Waals surface area contributed by atoms with Crippen molar-refractivity contribution in [3.8, 4) is 5.75 Å². The number of nitrogens with zero attached hydrogens (tertiary/aromatic N) is 1. The number of aryl methyl sites for hydroxylation is 1. The van der Waals surface area contributed by atoms with E-state index in [4.69, 9.17) is 16.3 Å². The van der Waals surface area contributed by atoms with Gasteiger partial charge in [-0.25, -0.2) is 0 Å². The molecular formula is C28H30BrClN2O3. The fourth-order valence-electron chi connectivity index (χ4n) is 3.71. The second-order valence-corrected chi connectivity index (χ2v) is 9.63. The van der Waals surface area contributed by atoms with E-state index in [-0.39, 0.29) is 18.4 Å². The van der Waals surface area contributed by atoms with Gasteiger partial charge in [0.05, 0.1) is 5.02 Å². The normalized spacial score (nSPS) is 11.5. The molecule has 2 amide bonds. The van der Waals surface area contributed by atoms with Crippen LogP contribution >= 0.6 is 27.5 Å². The first-order valence-corrected chi connectivity index (χ1v) is 12.8. The van der Waals surface area contributed by atoms with Crippen molar-refractivity contribution in [1.29, 1.82) is 0 Å². The molecule has 1 atom stereocenters. The first-order valence-electron chi connectivity index (χ1n) is 11.6. The van der Waals surface area contributed by atoms with Gasteiger partial charge in [0.2, 0.25) is 5.91 Å². The SMILES string of the molecule is CCCNC(=O)C(Cc1ccccc1)N(Cc1ccccc1C)C(=O)COc1ccc(Br)cc1Cl. The molecule has 0 fully saturated rings. The molecule has 0 heterocycles. The fourth-order valence-corrected chi connectivity index (χ4v) is 4.43. The molecule has 7 heteroatoms. The molecule has 3 aromatic carbocycles. The van der Waals surface area contributed by atoms with E-state index >= 15 is 0 Å². The van der Waals surface area contributed by atoms with Crippen molar-refractivity contribution in [2.75, 3.05) is 13.2 Å². The molecule has 0 aliphatic heterocycles. The molecule has 0 saturated carbocycles. The molecule has 3 rings (SSSR count). The molecule has 5 nitrogen and oxygen atoms in total. The Morgan fingerprint density at radius 2 is 1.77 bits per heavy atom. The lowest BCUT2D eigenvalue weighted by molar-refractivity contribution is -0.142. The lowest BCUT2D eigenvalue weighted by Gasteiger charge is -2.32.